The Labute approximate surface area is 187 Å². The van der Waals surface area contributed by atoms with Gasteiger partial charge < -0.3 is 10.2 Å². The fourth-order valence-corrected chi connectivity index (χ4v) is 4.42. The number of aryl methyl sites for hydroxylation is 1. The van der Waals surface area contributed by atoms with Crippen LogP contribution in [0.4, 0.5) is 0 Å². The van der Waals surface area contributed by atoms with Gasteiger partial charge in [-0.15, -0.1) is 0 Å². The molecule has 30 heavy (non-hydrogen) atoms. The molecule has 1 aromatic carbocycles. The van der Waals surface area contributed by atoms with Gasteiger partial charge in [-0.3, -0.25) is 0 Å². The summed E-state index contributed by atoms with van der Waals surface area (Å²) in [6, 6.07) is 3.64. The lowest BCUT2D eigenvalue weighted by molar-refractivity contribution is 0.439. The van der Waals surface area contributed by atoms with Crippen LogP contribution in [0.5, 0.6) is 11.5 Å². The normalized spacial score (nSPS) is 12.4. The number of benzene rings is 1. The third kappa shape index (κ3) is 11.9. The van der Waals surface area contributed by atoms with Gasteiger partial charge in [0.05, 0.1) is 0 Å². The second-order valence-electron chi connectivity index (χ2n) is 9.43. The summed E-state index contributed by atoms with van der Waals surface area (Å²) in [7, 11) is 0. The lowest BCUT2D eigenvalue weighted by atomic mass is 9.91. The summed E-state index contributed by atoms with van der Waals surface area (Å²) in [5.74, 6) is 1.04. The number of unbranched alkanes of at least 4 members (excludes halogenated alkanes) is 14. The molecular weight excluding hydrogens is 368 g/mol. The summed E-state index contributed by atoms with van der Waals surface area (Å²) in [5, 5.41) is 21.0. The summed E-state index contributed by atoms with van der Waals surface area (Å²) < 4.78 is 0. The van der Waals surface area contributed by atoms with Crippen LogP contribution in [0.25, 0.3) is 0 Å². The predicted molar refractivity (Wildman–Crippen MR) is 132 cm³/mol. The molecule has 0 aliphatic rings. The van der Waals surface area contributed by atoms with Gasteiger partial charge in [0.15, 0.2) is 0 Å². The van der Waals surface area contributed by atoms with Crippen LogP contribution in [0.1, 0.15) is 147 Å². The zero-order chi connectivity index (χ0) is 22.0. The molecule has 1 rings (SSSR count). The van der Waals surface area contributed by atoms with Gasteiger partial charge in [0, 0.05) is 5.56 Å². The van der Waals surface area contributed by atoms with E-state index in [1.807, 2.05) is 12.1 Å². The summed E-state index contributed by atoms with van der Waals surface area (Å²) in [5.41, 5.74) is 1.82. The molecule has 0 saturated carbocycles. The molecule has 0 aromatic heterocycles. The summed E-state index contributed by atoms with van der Waals surface area (Å²) in [6.07, 6.45) is 22.8. The molecule has 0 fully saturated rings. The molecule has 2 nitrogen and oxygen atoms in total. The Balaban J connectivity index is 2.28. The molecule has 0 aliphatic heterocycles. The van der Waals surface area contributed by atoms with Crippen molar-refractivity contribution in [2.24, 2.45) is 0 Å². The van der Waals surface area contributed by atoms with Crippen molar-refractivity contribution in [1.82, 2.24) is 0 Å². The Morgan fingerprint density at radius 3 is 1.60 bits per heavy atom. The van der Waals surface area contributed by atoms with Crippen LogP contribution in [0.15, 0.2) is 12.1 Å². The molecule has 0 bridgehead atoms. The van der Waals surface area contributed by atoms with Crippen molar-refractivity contribution in [2.45, 2.75) is 142 Å². The van der Waals surface area contributed by atoms with Crippen LogP contribution in [-0.4, -0.2) is 10.2 Å². The lowest BCUT2D eigenvalue weighted by Gasteiger charge is -2.16. The highest BCUT2D eigenvalue weighted by Crippen LogP contribution is 2.35. The Bertz CT molecular complexity index is 538. The Morgan fingerprint density at radius 1 is 0.600 bits per heavy atom. The zero-order valence-corrected chi connectivity index (χ0v) is 20.4. The maximum absolute atomic E-state index is 10.5. The fraction of sp³-hybridized carbons (Fsp3) is 0.786. The second kappa shape index (κ2) is 17.5. The molecule has 1 aromatic rings. The van der Waals surface area contributed by atoms with E-state index >= 15 is 0 Å². The van der Waals surface area contributed by atoms with Crippen LogP contribution >= 0.6 is 0 Å². The van der Waals surface area contributed by atoms with E-state index in [0.717, 1.165) is 30.4 Å². The van der Waals surface area contributed by atoms with E-state index in [1.54, 1.807) is 0 Å². The Morgan fingerprint density at radius 2 is 1.07 bits per heavy atom. The van der Waals surface area contributed by atoms with E-state index in [9.17, 15) is 10.2 Å². The first-order valence-corrected chi connectivity index (χ1v) is 13.1. The molecule has 174 valence electrons. The van der Waals surface area contributed by atoms with Gasteiger partial charge in [-0.25, -0.2) is 0 Å². The number of phenolic OH excluding ortho intramolecular Hbond substituents is 2. The van der Waals surface area contributed by atoms with Crippen molar-refractivity contribution in [2.75, 3.05) is 0 Å². The summed E-state index contributed by atoms with van der Waals surface area (Å²) in [4.78, 5) is 0. The van der Waals surface area contributed by atoms with Crippen molar-refractivity contribution >= 4 is 0 Å². The fourth-order valence-electron chi connectivity index (χ4n) is 4.42. The van der Waals surface area contributed by atoms with E-state index in [0.29, 0.717) is 17.4 Å². The van der Waals surface area contributed by atoms with Crippen molar-refractivity contribution in [3.8, 4) is 11.5 Å². The largest absolute Gasteiger partial charge is 0.508 e. The van der Waals surface area contributed by atoms with Crippen molar-refractivity contribution in [3.05, 3.63) is 23.3 Å². The van der Waals surface area contributed by atoms with Crippen LogP contribution in [0.2, 0.25) is 0 Å². The smallest absolute Gasteiger partial charge is 0.119 e. The van der Waals surface area contributed by atoms with Crippen LogP contribution < -0.4 is 0 Å². The van der Waals surface area contributed by atoms with Gasteiger partial charge in [-0.2, -0.15) is 0 Å². The Hall–Kier alpha value is -1.18. The minimum absolute atomic E-state index is 0.299. The first kappa shape index (κ1) is 26.9. The van der Waals surface area contributed by atoms with Crippen molar-refractivity contribution in [1.29, 1.82) is 0 Å². The molecule has 0 aliphatic carbocycles. The molecule has 0 heterocycles. The monoisotopic (exact) mass is 418 g/mol. The first-order valence-electron chi connectivity index (χ1n) is 13.1. The number of phenols is 2. The number of rotatable bonds is 19. The topological polar surface area (TPSA) is 40.5 Å². The van der Waals surface area contributed by atoms with Gasteiger partial charge in [0.2, 0.25) is 0 Å². The molecule has 0 spiro atoms. The number of hydrogen-bond donors (Lipinski definition) is 2. The number of hydrogen-bond acceptors (Lipinski definition) is 2. The highest BCUT2D eigenvalue weighted by atomic mass is 16.3. The van der Waals surface area contributed by atoms with Gasteiger partial charge in [0.25, 0.3) is 0 Å². The highest BCUT2D eigenvalue weighted by molar-refractivity contribution is 5.46. The maximum atomic E-state index is 10.5. The molecule has 0 saturated heterocycles. The van der Waals surface area contributed by atoms with Gasteiger partial charge in [-0.1, -0.05) is 117 Å². The quantitative estimate of drug-likeness (QED) is 0.173. The average molecular weight is 419 g/mol. The molecule has 0 radical (unpaired) electrons. The number of aromatic hydroxyl groups is 2. The van der Waals surface area contributed by atoms with Crippen molar-refractivity contribution in [3.63, 3.8) is 0 Å². The molecule has 2 heteroatoms. The predicted octanol–water partition coefficient (Wildman–Crippen LogP) is 9.42. The van der Waals surface area contributed by atoms with E-state index in [-0.39, 0.29) is 0 Å². The molecule has 2 N–H and O–H groups in total. The first-order chi connectivity index (χ1) is 14.6. The second-order valence-corrected chi connectivity index (χ2v) is 9.43. The van der Waals surface area contributed by atoms with Gasteiger partial charge >= 0.3 is 0 Å². The lowest BCUT2D eigenvalue weighted by Crippen LogP contribution is -1.97. The Kier molecular flexibility index (Phi) is 15.7. The van der Waals surface area contributed by atoms with Crippen LogP contribution in [-0.2, 0) is 6.42 Å². The minimum Gasteiger partial charge on any atom is -0.508 e. The SMILES string of the molecule is CCCCCCCCCCc1cc(O)c(C(C)CCCCCCCCCC)cc1O. The van der Waals surface area contributed by atoms with E-state index in [4.69, 9.17) is 0 Å². The van der Waals surface area contributed by atoms with Crippen LogP contribution in [0, 0.1) is 0 Å². The summed E-state index contributed by atoms with van der Waals surface area (Å²) in [6.45, 7) is 6.69. The van der Waals surface area contributed by atoms with Crippen LogP contribution in [0.3, 0.4) is 0 Å². The summed E-state index contributed by atoms with van der Waals surface area (Å²) >= 11 is 0. The molecular formula is C28H50O2. The van der Waals surface area contributed by atoms with Gasteiger partial charge in [0.1, 0.15) is 11.5 Å². The zero-order valence-electron chi connectivity index (χ0n) is 20.4. The molecule has 1 atom stereocenters. The molecule has 0 amide bonds. The average Bonchev–Trinajstić information content (AvgIpc) is 2.73. The minimum atomic E-state index is 0.299. The third-order valence-electron chi connectivity index (χ3n) is 6.55. The van der Waals surface area contributed by atoms with E-state index in [2.05, 4.69) is 20.8 Å². The highest BCUT2D eigenvalue weighted by Gasteiger charge is 2.14. The van der Waals surface area contributed by atoms with E-state index in [1.165, 1.54) is 96.3 Å². The van der Waals surface area contributed by atoms with E-state index < -0.39 is 0 Å². The van der Waals surface area contributed by atoms with Gasteiger partial charge in [-0.05, 0) is 42.9 Å². The maximum Gasteiger partial charge on any atom is 0.119 e. The molecule has 1 unspecified atom stereocenters. The standard InChI is InChI=1S/C28H50O2/c1-4-6-8-10-12-14-16-18-20-24(3)26-23-27(29)25(22-28(26)30)21-19-17-15-13-11-9-7-5-2/h22-24,29-30H,4-21H2,1-3H3. The van der Waals surface area contributed by atoms with Crippen molar-refractivity contribution < 1.29 is 10.2 Å². The third-order valence-corrected chi connectivity index (χ3v) is 6.55.